The molecule has 0 atom stereocenters. The standard InChI is InChI=1S/C19H19NO2/c1-3-15-7-9-16(10-8-15)11-12-19(22)20-18-6-4-5-17(13-18)14(2)21/h4-13H,3H2,1-2H3,(H,20,22)/b12-11+. The van der Waals surface area contributed by atoms with Crippen LogP contribution in [-0.2, 0) is 11.2 Å². The van der Waals surface area contributed by atoms with Crippen molar-refractivity contribution < 1.29 is 9.59 Å². The molecule has 0 radical (unpaired) electrons. The maximum absolute atomic E-state index is 11.9. The minimum absolute atomic E-state index is 0.0253. The van der Waals surface area contributed by atoms with Gasteiger partial charge < -0.3 is 5.32 Å². The van der Waals surface area contributed by atoms with E-state index < -0.39 is 0 Å². The Labute approximate surface area is 130 Å². The summed E-state index contributed by atoms with van der Waals surface area (Å²) in [5, 5.41) is 2.75. The van der Waals surface area contributed by atoms with Crippen molar-refractivity contribution in [3.8, 4) is 0 Å². The lowest BCUT2D eigenvalue weighted by Gasteiger charge is -2.03. The van der Waals surface area contributed by atoms with E-state index in [-0.39, 0.29) is 11.7 Å². The Morgan fingerprint density at radius 2 is 1.82 bits per heavy atom. The number of aryl methyl sites for hydroxylation is 1. The number of Topliss-reactive ketones (excluding diaryl/α,β-unsaturated/α-hetero) is 1. The van der Waals surface area contributed by atoms with Crippen molar-refractivity contribution in [3.63, 3.8) is 0 Å². The van der Waals surface area contributed by atoms with E-state index in [2.05, 4.69) is 12.2 Å². The monoisotopic (exact) mass is 293 g/mol. The normalized spacial score (nSPS) is 10.6. The van der Waals surface area contributed by atoms with Gasteiger partial charge in [0, 0.05) is 17.3 Å². The van der Waals surface area contributed by atoms with Crippen LogP contribution in [0, 0.1) is 0 Å². The van der Waals surface area contributed by atoms with Gasteiger partial charge in [-0.3, -0.25) is 9.59 Å². The summed E-state index contributed by atoms with van der Waals surface area (Å²) in [6, 6.07) is 15.0. The molecule has 0 heterocycles. The predicted molar refractivity (Wildman–Crippen MR) is 89.9 cm³/mol. The van der Waals surface area contributed by atoms with Gasteiger partial charge in [0.2, 0.25) is 5.91 Å². The first-order valence-electron chi connectivity index (χ1n) is 7.27. The molecule has 2 aromatic carbocycles. The molecule has 1 amide bonds. The fourth-order valence-corrected chi connectivity index (χ4v) is 2.04. The first-order valence-corrected chi connectivity index (χ1v) is 7.27. The molecule has 0 aliphatic heterocycles. The summed E-state index contributed by atoms with van der Waals surface area (Å²) < 4.78 is 0. The molecule has 2 rings (SSSR count). The highest BCUT2D eigenvalue weighted by atomic mass is 16.1. The number of carbonyl (C=O) groups excluding carboxylic acids is 2. The number of hydrogen-bond acceptors (Lipinski definition) is 2. The van der Waals surface area contributed by atoms with Crippen molar-refractivity contribution in [2.24, 2.45) is 0 Å². The quantitative estimate of drug-likeness (QED) is 0.666. The lowest BCUT2D eigenvalue weighted by Crippen LogP contribution is -2.08. The van der Waals surface area contributed by atoms with Crippen molar-refractivity contribution in [1.82, 2.24) is 0 Å². The molecule has 0 fully saturated rings. The van der Waals surface area contributed by atoms with Crippen LogP contribution in [0.5, 0.6) is 0 Å². The van der Waals surface area contributed by atoms with Crippen molar-refractivity contribution in [3.05, 3.63) is 71.3 Å². The summed E-state index contributed by atoms with van der Waals surface area (Å²) in [5.41, 5.74) is 3.44. The van der Waals surface area contributed by atoms with Crippen molar-refractivity contribution in [2.75, 3.05) is 5.32 Å². The molecule has 0 spiro atoms. The highest BCUT2D eigenvalue weighted by Crippen LogP contribution is 2.12. The number of rotatable bonds is 5. The Bertz CT molecular complexity index is 700. The maximum atomic E-state index is 11.9. The van der Waals surface area contributed by atoms with Gasteiger partial charge in [-0.05, 0) is 42.7 Å². The zero-order valence-electron chi connectivity index (χ0n) is 12.8. The predicted octanol–water partition coefficient (Wildman–Crippen LogP) is 4.10. The molecular weight excluding hydrogens is 274 g/mol. The van der Waals surface area contributed by atoms with Crippen LogP contribution in [0.4, 0.5) is 5.69 Å². The van der Waals surface area contributed by atoms with Crippen molar-refractivity contribution in [1.29, 1.82) is 0 Å². The van der Waals surface area contributed by atoms with Crippen LogP contribution in [0.2, 0.25) is 0 Å². The molecule has 2 aromatic rings. The molecule has 0 saturated heterocycles. The van der Waals surface area contributed by atoms with Gasteiger partial charge in [-0.25, -0.2) is 0 Å². The molecule has 112 valence electrons. The van der Waals surface area contributed by atoms with Crippen LogP contribution in [0.3, 0.4) is 0 Å². The number of benzene rings is 2. The molecule has 3 heteroatoms. The minimum atomic E-state index is -0.222. The molecule has 1 N–H and O–H groups in total. The molecule has 0 saturated carbocycles. The van der Waals surface area contributed by atoms with Gasteiger partial charge in [0.05, 0.1) is 0 Å². The number of hydrogen-bond donors (Lipinski definition) is 1. The smallest absolute Gasteiger partial charge is 0.248 e. The van der Waals surface area contributed by atoms with Crippen LogP contribution >= 0.6 is 0 Å². The highest BCUT2D eigenvalue weighted by Gasteiger charge is 2.02. The van der Waals surface area contributed by atoms with E-state index in [1.54, 1.807) is 30.3 Å². The molecule has 0 unspecified atom stereocenters. The third kappa shape index (κ3) is 4.42. The number of amides is 1. The van der Waals surface area contributed by atoms with Gasteiger partial charge in [0.1, 0.15) is 0 Å². The molecule has 0 aliphatic rings. The molecule has 0 bridgehead atoms. The largest absolute Gasteiger partial charge is 0.322 e. The Morgan fingerprint density at radius 1 is 1.09 bits per heavy atom. The second-order valence-electron chi connectivity index (χ2n) is 5.05. The van der Waals surface area contributed by atoms with Gasteiger partial charge in [-0.15, -0.1) is 0 Å². The number of ketones is 1. The van der Waals surface area contributed by atoms with Gasteiger partial charge >= 0.3 is 0 Å². The lowest BCUT2D eigenvalue weighted by molar-refractivity contribution is -0.111. The Balaban J connectivity index is 2.01. The summed E-state index contributed by atoms with van der Waals surface area (Å²) >= 11 is 0. The summed E-state index contributed by atoms with van der Waals surface area (Å²) in [6.07, 6.45) is 4.25. The van der Waals surface area contributed by atoms with Crippen LogP contribution in [0.1, 0.15) is 35.3 Å². The Kier molecular flexibility index (Phi) is 5.26. The van der Waals surface area contributed by atoms with E-state index >= 15 is 0 Å². The fourth-order valence-electron chi connectivity index (χ4n) is 2.04. The van der Waals surface area contributed by atoms with Gasteiger partial charge in [0.25, 0.3) is 0 Å². The van der Waals surface area contributed by atoms with E-state index in [0.717, 1.165) is 12.0 Å². The maximum Gasteiger partial charge on any atom is 0.248 e. The van der Waals surface area contributed by atoms with E-state index in [4.69, 9.17) is 0 Å². The second kappa shape index (κ2) is 7.36. The summed E-state index contributed by atoms with van der Waals surface area (Å²) in [5.74, 6) is -0.247. The Morgan fingerprint density at radius 3 is 2.45 bits per heavy atom. The van der Waals surface area contributed by atoms with E-state index in [0.29, 0.717) is 11.3 Å². The average Bonchev–Trinajstić information content (AvgIpc) is 2.53. The number of carbonyl (C=O) groups is 2. The molecule has 3 nitrogen and oxygen atoms in total. The van der Waals surface area contributed by atoms with Crippen LogP contribution in [0.25, 0.3) is 6.08 Å². The summed E-state index contributed by atoms with van der Waals surface area (Å²) in [6.45, 7) is 3.61. The molecule has 0 aromatic heterocycles. The zero-order chi connectivity index (χ0) is 15.9. The SMILES string of the molecule is CCc1ccc(/C=C/C(=O)Nc2cccc(C(C)=O)c2)cc1. The van der Waals surface area contributed by atoms with Crippen molar-refractivity contribution >= 4 is 23.5 Å². The van der Waals surface area contributed by atoms with Crippen LogP contribution in [-0.4, -0.2) is 11.7 Å². The Hall–Kier alpha value is -2.68. The second-order valence-corrected chi connectivity index (χ2v) is 5.05. The molecule has 22 heavy (non-hydrogen) atoms. The van der Waals surface area contributed by atoms with Gasteiger partial charge in [-0.1, -0.05) is 43.3 Å². The summed E-state index contributed by atoms with van der Waals surface area (Å²) in [7, 11) is 0. The van der Waals surface area contributed by atoms with E-state index in [1.807, 2.05) is 24.3 Å². The first-order chi connectivity index (χ1) is 10.6. The van der Waals surface area contributed by atoms with Gasteiger partial charge in [0.15, 0.2) is 5.78 Å². The third-order valence-electron chi connectivity index (χ3n) is 3.35. The van der Waals surface area contributed by atoms with E-state index in [1.165, 1.54) is 18.6 Å². The third-order valence-corrected chi connectivity index (χ3v) is 3.35. The molecule has 0 aliphatic carbocycles. The molecular formula is C19H19NO2. The zero-order valence-corrected chi connectivity index (χ0v) is 12.8. The number of nitrogens with one attached hydrogen (secondary N) is 1. The highest BCUT2D eigenvalue weighted by molar-refractivity contribution is 6.03. The first kappa shape index (κ1) is 15.7. The van der Waals surface area contributed by atoms with Crippen LogP contribution in [0.15, 0.2) is 54.6 Å². The van der Waals surface area contributed by atoms with E-state index in [9.17, 15) is 9.59 Å². The summed E-state index contributed by atoms with van der Waals surface area (Å²) in [4.78, 5) is 23.2. The minimum Gasteiger partial charge on any atom is -0.322 e. The lowest BCUT2D eigenvalue weighted by atomic mass is 10.1. The fraction of sp³-hybridized carbons (Fsp3) is 0.158. The van der Waals surface area contributed by atoms with Crippen molar-refractivity contribution in [2.45, 2.75) is 20.3 Å². The average molecular weight is 293 g/mol. The number of anilines is 1. The van der Waals surface area contributed by atoms with Gasteiger partial charge in [-0.2, -0.15) is 0 Å². The van der Waals surface area contributed by atoms with Crippen LogP contribution < -0.4 is 5.32 Å². The topological polar surface area (TPSA) is 46.2 Å².